The molecule has 0 aromatic heterocycles. The third-order valence-electron chi connectivity index (χ3n) is 2.21. The Morgan fingerprint density at radius 3 is 1.78 bits per heavy atom. The van der Waals surface area contributed by atoms with E-state index in [1.807, 2.05) is 0 Å². The van der Waals surface area contributed by atoms with Gasteiger partial charge in [0.05, 0.1) is 0 Å². The summed E-state index contributed by atoms with van der Waals surface area (Å²) in [5, 5.41) is 0. The number of hydrogen-bond acceptors (Lipinski definition) is 1. The van der Waals surface area contributed by atoms with Crippen LogP contribution < -0.4 is 5.73 Å². The smallest absolute Gasteiger partial charge is 0.0195 e. The fourth-order valence-corrected chi connectivity index (χ4v) is 1.27. The summed E-state index contributed by atoms with van der Waals surface area (Å²) in [5.74, 6) is 1.05. The van der Waals surface area contributed by atoms with Gasteiger partial charge in [-0.05, 0) is 24.8 Å². The maximum Gasteiger partial charge on any atom is -0.0195 e. The van der Waals surface area contributed by atoms with Gasteiger partial charge >= 0.3 is 0 Å². The second-order valence-corrected chi connectivity index (χ2v) is 3.30. The Kier molecular flexibility index (Phi) is 3.20. The molecular weight excluding hydrogens is 110 g/mol. The molecule has 0 heterocycles. The summed E-state index contributed by atoms with van der Waals surface area (Å²) in [6.07, 6.45) is 2.84. The van der Waals surface area contributed by atoms with Gasteiger partial charge in [0.15, 0.2) is 0 Å². The van der Waals surface area contributed by atoms with Crippen LogP contribution in [0.5, 0.6) is 0 Å². The second kappa shape index (κ2) is 3.21. The quantitative estimate of drug-likeness (QED) is 0.576. The molecule has 1 aliphatic carbocycles. The molecule has 1 fully saturated rings. The summed E-state index contributed by atoms with van der Waals surface area (Å²) in [6, 6.07) is 0. The predicted molar refractivity (Wildman–Crippen MR) is 42.3 cm³/mol. The van der Waals surface area contributed by atoms with Crippen LogP contribution in [0.15, 0.2) is 0 Å². The lowest BCUT2D eigenvalue weighted by molar-refractivity contribution is 0.549. The van der Waals surface area contributed by atoms with Gasteiger partial charge in [-0.2, -0.15) is 0 Å². The lowest BCUT2D eigenvalue weighted by Crippen LogP contribution is -1.86. The highest BCUT2D eigenvalue weighted by atomic mass is 14.5. The average molecular weight is 129 g/mol. The van der Waals surface area contributed by atoms with E-state index in [0.29, 0.717) is 0 Å². The lowest BCUT2D eigenvalue weighted by Gasteiger charge is -1.95. The monoisotopic (exact) mass is 129 g/mol. The Morgan fingerprint density at radius 2 is 1.78 bits per heavy atom. The lowest BCUT2D eigenvalue weighted by atomic mass is 10.1. The van der Waals surface area contributed by atoms with E-state index in [1.54, 1.807) is 0 Å². The van der Waals surface area contributed by atoms with E-state index in [2.05, 4.69) is 26.5 Å². The van der Waals surface area contributed by atoms with Crippen LogP contribution in [-0.4, -0.2) is 7.05 Å². The van der Waals surface area contributed by atoms with Gasteiger partial charge in [-0.3, -0.25) is 0 Å². The predicted octanol–water partition coefficient (Wildman–Crippen LogP) is 2.02. The summed E-state index contributed by atoms with van der Waals surface area (Å²) in [4.78, 5) is 0. The molecule has 0 spiro atoms. The Bertz CT molecular complexity index is 76.6. The van der Waals surface area contributed by atoms with E-state index in [4.69, 9.17) is 0 Å². The third kappa shape index (κ3) is 2.35. The van der Waals surface area contributed by atoms with Crippen LogP contribution in [0.2, 0.25) is 0 Å². The zero-order valence-corrected chi connectivity index (χ0v) is 7.07. The molecule has 1 nitrogen and oxygen atoms in total. The Morgan fingerprint density at radius 1 is 1.44 bits per heavy atom. The fraction of sp³-hybridized carbons (Fsp3) is 1.00. The molecule has 0 aromatic rings. The van der Waals surface area contributed by atoms with Gasteiger partial charge in [0.25, 0.3) is 0 Å². The zero-order chi connectivity index (χ0) is 7.49. The van der Waals surface area contributed by atoms with Crippen LogP contribution in [0.4, 0.5) is 0 Å². The molecule has 0 aromatic carbocycles. The van der Waals surface area contributed by atoms with Gasteiger partial charge in [0.1, 0.15) is 0 Å². The van der Waals surface area contributed by atoms with Crippen LogP contribution >= 0.6 is 0 Å². The highest BCUT2D eigenvalue weighted by Gasteiger charge is 2.43. The molecular formula is C8H19N. The number of hydrogen-bond donors (Lipinski definition) is 1. The van der Waals surface area contributed by atoms with Crippen molar-refractivity contribution in [2.45, 2.75) is 33.6 Å². The Labute approximate surface area is 58.6 Å². The first-order valence-corrected chi connectivity index (χ1v) is 3.74. The minimum absolute atomic E-state index is 0.717. The van der Waals surface area contributed by atoms with E-state index in [9.17, 15) is 0 Å². The molecule has 0 aliphatic heterocycles. The summed E-state index contributed by atoms with van der Waals surface area (Å²) in [6.45, 7) is 6.97. The minimum Gasteiger partial charge on any atom is -0.333 e. The van der Waals surface area contributed by atoms with Gasteiger partial charge in [-0.15, -0.1) is 0 Å². The molecule has 56 valence electrons. The first kappa shape index (κ1) is 8.96. The SMILES string of the molecule is CCC1CC1(C)C.CN. The average Bonchev–Trinajstić information content (AvgIpc) is 2.45. The van der Waals surface area contributed by atoms with Gasteiger partial charge < -0.3 is 5.73 Å². The van der Waals surface area contributed by atoms with Gasteiger partial charge in [-0.1, -0.05) is 27.2 Å². The topological polar surface area (TPSA) is 26.0 Å². The molecule has 9 heavy (non-hydrogen) atoms. The van der Waals surface area contributed by atoms with Gasteiger partial charge in [-0.25, -0.2) is 0 Å². The summed E-state index contributed by atoms with van der Waals surface area (Å²) in [5.41, 5.74) is 5.22. The molecule has 0 radical (unpaired) electrons. The molecule has 1 rings (SSSR count). The van der Waals surface area contributed by atoms with Gasteiger partial charge in [0.2, 0.25) is 0 Å². The van der Waals surface area contributed by atoms with Crippen molar-refractivity contribution in [1.82, 2.24) is 0 Å². The van der Waals surface area contributed by atoms with Crippen molar-refractivity contribution in [2.24, 2.45) is 17.1 Å². The van der Waals surface area contributed by atoms with Crippen LogP contribution in [0.25, 0.3) is 0 Å². The van der Waals surface area contributed by atoms with Crippen LogP contribution in [0, 0.1) is 11.3 Å². The van der Waals surface area contributed by atoms with E-state index < -0.39 is 0 Å². The highest BCUT2D eigenvalue weighted by molar-refractivity contribution is 4.93. The molecule has 1 aliphatic rings. The van der Waals surface area contributed by atoms with E-state index in [1.165, 1.54) is 19.9 Å². The summed E-state index contributed by atoms with van der Waals surface area (Å²) >= 11 is 0. The van der Waals surface area contributed by atoms with Crippen molar-refractivity contribution in [1.29, 1.82) is 0 Å². The molecule has 0 bridgehead atoms. The second-order valence-electron chi connectivity index (χ2n) is 3.30. The minimum atomic E-state index is 0.717. The van der Waals surface area contributed by atoms with Crippen LogP contribution in [-0.2, 0) is 0 Å². The molecule has 1 unspecified atom stereocenters. The molecule has 1 heteroatoms. The number of nitrogens with two attached hydrogens (primary N) is 1. The molecule has 2 N–H and O–H groups in total. The van der Waals surface area contributed by atoms with Crippen molar-refractivity contribution in [3.63, 3.8) is 0 Å². The molecule has 0 amide bonds. The zero-order valence-electron chi connectivity index (χ0n) is 7.07. The fourth-order valence-electron chi connectivity index (χ4n) is 1.27. The molecule has 0 saturated heterocycles. The highest BCUT2D eigenvalue weighted by Crippen LogP contribution is 2.53. The van der Waals surface area contributed by atoms with E-state index >= 15 is 0 Å². The Hall–Kier alpha value is -0.0400. The molecule has 1 atom stereocenters. The maximum absolute atomic E-state index is 4.50. The number of rotatable bonds is 1. The van der Waals surface area contributed by atoms with Crippen LogP contribution in [0.3, 0.4) is 0 Å². The van der Waals surface area contributed by atoms with Crippen molar-refractivity contribution >= 4 is 0 Å². The standard InChI is InChI=1S/C7H14.CH5N/c1-4-6-5-7(6,2)3;1-2/h6H,4-5H2,1-3H3;2H2,1H3. The summed E-state index contributed by atoms with van der Waals surface area (Å²) in [7, 11) is 1.50. The van der Waals surface area contributed by atoms with Crippen molar-refractivity contribution in [3.8, 4) is 0 Å². The third-order valence-corrected chi connectivity index (χ3v) is 2.21. The largest absolute Gasteiger partial charge is 0.333 e. The first-order valence-electron chi connectivity index (χ1n) is 3.74. The normalized spacial score (nSPS) is 28.3. The van der Waals surface area contributed by atoms with Crippen molar-refractivity contribution in [3.05, 3.63) is 0 Å². The first-order chi connectivity index (χ1) is 4.17. The maximum atomic E-state index is 4.50. The Balaban J connectivity index is 0.000000291. The van der Waals surface area contributed by atoms with E-state index in [0.717, 1.165) is 11.3 Å². The van der Waals surface area contributed by atoms with Gasteiger partial charge in [0, 0.05) is 0 Å². The van der Waals surface area contributed by atoms with E-state index in [-0.39, 0.29) is 0 Å². The summed E-state index contributed by atoms with van der Waals surface area (Å²) < 4.78 is 0. The molecule has 1 saturated carbocycles. The van der Waals surface area contributed by atoms with Crippen LogP contribution in [0.1, 0.15) is 33.6 Å². The van der Waals surface area contributed by atoms with Crippen molar-refractivity contribution in [2.75, 3.05) is 7.05 Å². The van der Waals surface area contributed by atoms with Crippen molar-refractivity contribution < 1.29 is 0 Å².